The summed E-state index contributed by atoms with van der Waals surface area (Å²) in [5.74, 6) is 4.00. The minimum Gasteiger partial charge on any atom is -0.467 e. The van der Waals surface area contributed by atoms with E-state index >= 15 is 0 Å². The molecule has 4 heterocycles. The summed E-state index contributed by atoms with van der Waals surface area (Å²) in [6, 6.07) is 7.97. The van der Waals surface area contributed by atoms with Gasteiger partial charge in [-0.25, -0.2) is 0 Å². The lowest BCUT2D eigenvalue weighted by atomic mass is 9.92. The van der Waals surface area contributed by atoms with Crippen LogP contribution in [0, 0.1) is 11.8 Å². The van der Waals surface area contributed by atoms with Crippen LogP contribution in [0.4, 0.5) is 5.95 Å². The van der Waals surface area contributed by atoms with Gasteiger partial charge in [-0.2, -0.15) is 0 Å². The second kappa shape index (κ2) is 8.17. The maximum absolute atomic E-state index is 5.60. The predicted octanol–water partition coefficient (Wildman–Crippen LogP) is 4.09. The molecule has 0 radical (unpaired) electrons. The number of hydrogen-bond acceptors (Lipinski definition) is 6. The summed E-state index contributed by atoms with van der Waals surface area (Å²) in [5, 5.41) is 9.98. The fourth-order valence-electron chi connectivity index (χ4n) is 3.78. The largest absolute Gasteiger partial charge is 0.467 e. The van der Waals surface area contributed by atoms with Crippen LogP contribution in [0.5, 0.6) is 0 Å². The molecule has 0 spiro atoms. The van der Waals surface area contributed by atoms with Crippen molar-refractivity contribution in [3.8, 4) is 0 Å². The van der Waals surface area contributed by atoms with Crippen LogP contribution in [0.1, 0.15) is 31.6 Å². The first kappa shape index (κ1) is 18.1. The number of nitrogens with zero attached hydrogens (tertiary/aromatic N) is 5. The van der Waals surface area contributed by atoms with Gasteiger partial charge in [0.2, 0.25) is 5.95 Å². The quantitative estimate of drug-likeness (QED) is 0.598. The predicted molar refractivity (Wildman–Crippen MR) is 107 cm³/mol. The zero-order valence-electron chi connectivity index (χ0n) is 15.8. The van der Waals surface area contributed by atoms with Crippen molar-refractivity contribution in [2.45, 2.75) is 37.7 Å². The van der Waals surface area contributed by atoms with Gasteiger partial charge in [0.1, 0.15) is 5.76 Å². The Kier molecular flexibility index (Phi) is 5.48. The topological polar surface area (TPSA) is 60.0 Å². The highest BCUT2D eigenvalue weighted by atomic mass is 32.2. The van der Waals surface area contributed by atoms with Crippen LogP contribution in [-0.2, 0) is 12.3 Å². The van der Waals surface area contributed by atoms with Crippen molar-refractivity contribution >= 4 is 17.7 Å². The number of pyridine rings is 1. The molecule has 4 rings (SSSR count). The fourth-order valence-corrected chi connectivity index (χ4v) is 4.64. The Hall–Kier alpha value is -2.28. The molecule has 0 N–H and O–H groups in total. The normalized spacial score (nSPS) is 20.1. The van der Waals surface area contributed by atoms with E-state index < -0.39 is 0 Å². The van der Waals surface area contributed by atoms with Crippen molar-refractivity contribution in [3.05, 3.63) is 54.2 Å². The van der Waals surface area contributed by atoms with Gasteiger partial charge < -0.3 is 9.32 Å². The molecule has 27 heavy (non-hydrogen) atoms. The number of thioether (sulfide) groups is 1. The maximum atomic E-state index is 5.60. The summed E-state index contributed by atoms with van der Waals surface area (Å²) < 4.78 is 7.78. The van der Waals surface area contributed by atoms with Crippen LogP contribution in [-0.4, -0.2) is 32.8 Å². The third kappa shape index (κ3) is 4.35. The molecule has 3 aromatic heterocycles. The molecule has 1 fully saturated rings. The van der Waals surface area contributed by atoms with Gasteiger partial charge in [0.25, 0.3) is 0 Å². The Morgan fingerprint density at radius 2 is 2.00 bits per heavy atom. The molecule has 2 atom stereocenters. The summed E-state index contributed by atoms with van der Waals surface area (Å²) >= 11 is 1.69. The van der Waals surface area contributed by atoms with Crippen molar-refractivity contribution in [1.82, 2.24) is 19.7 Å². The minimum atomic E-state index is 0.643. The molecule has 6 nitrogen and oxygen atoms in total. The summed E-state index contributed by atoms with van der Waals surface area (Å²) in [6.07, 6.45) is 6.68. The minimum absolute atomic E-state index is 0.643. The standard InChI is InChI=1S/C20H25N5OS/c1-15-9-16(2)12-24(11-15)19-22-23-20(25(19)13-18-6-4-8-26-18)27-14-17-5-3-7-21-10-17/h3-8,10,15-16H,9,11-14H2,1-2H3. The lowest BCUT2D eigenvalue weighted by Crippen LogP contribution is -2.40. The summed E-state index contributed by atoms with van der Waals surface area (Å²) in [6.45, 7) is 7.31. The molecule has 142 valence electrons. The average Bonchev–Trinajstić information content (AvgIpc) is 3.30. The molecule has 1 saturated heterocycles. The highest BCUT2D eigenvalue weighted by molar-refractivity contribution is 7.98. The van der Waals surface area contributed by atoms with Crippen LogP contribution in [0.3, 0.4) is 0 Å². The van der Waals surface area contributed by atoms with Crippen LogP contribution in [0.2, 0.25) is 0 Å². The Bertz CT molecular complexity index is 839. The Balaban J connectivity index is 1.59. The molecule has 7 heteroatoms. The number of rotatable bonds is 6. The summed E-state index contributed by atoms with van der Waals surface area (Å²) in [7, 11) is 0. The summed E-state index contributed by atoms with van der Waals surface area (Å²) in [4.78, 5) is 6.57. The Morgan fingerprint density at radius 1 is 1.15 bits per heavy atom. The van der Waals surface area contributed by atoms with Gasteiger partial charge in [-0.05, 0) is 42.0 Å². The molecule has 1 aliphatic rings. The van der Waals surface area contributed by atoms with E-state index in [0.717, 1.165) is 35.7 Å². The van der Waals surface area contributed by atoms with E-state index in [1.54, 1.807) is 24.2 Å². The number of anilines is 1. The Labute approximate surface area is 164 Å². The molecular weight excluding hydrogens is 358 g/mol. The second-order valence-corrected chi connectivity index (χ2v) is 8.39. The second-order valence-electron chi connectivity index (χ2n) is 7.45. The molecule has 0 aliphatic carbocycles. The van der Waals surface area contributed by atoms with E-state index in [-0.39, 0.29) is 0 Å². The molecule has 0 bridgehead atoms. The van der Waals surface area contributed by atoms with Crippen molar-refractivity contribution in [2.75, 3.05) is 18.0 Å². The number of furan rings is 1. The third-order valence-electron chi connectivity index (χ3n) is 4.83. The molecule has 0 amide bonds. The van der Waals surface area contributed by atoms with E-state index in [1.165, 1.54) is 12.0 Å². The van der Waals surface area contributed by atoms with Gasteiger partial charge in [-0.15, -0.1) is 10.2 Å². The Morgan fingerprint density at radius 3 is 2.70 bits per heavy atom. The SMILES string of the molecule is CC1CC(C)CN(c2nnc(SCc3cccnc3)n2Cc2ccco2)C1. The molecule has 3 aromatic rings. The van der Waals surface area contributed by atoms with Gasteiger partial charge >= 0.3 is 0 Å². The van der Waals surface area contributed by atoms with E-state index in [9.17, 15) is 0 Å². The maximum Gasteiger partial charge on any atom is 0.228 e. The lowest BCUT2D eigenvalue weighted by molar-refractivity contribution is 0.350. The van der Waals surface area contributed by atoms with E-state index in [2.05, 4.69) is 44.6 Å². The number of hydrogen-bond donors (Lipinski definition) is 0. The van der Waals surface area contributed by atoms with Gasteiger partial charge in [-0.1, -0.05) is 31.7 Å². The van der Waals surface area contributed by atoms with Crippen LogP contribution < -0.4 is 4.90 Å². The van der Waals surface area contributed by atoms with Crippen LogP contribution >= 0.6 is 11.8 Å². The summed E-state index contributed by atoms with van der Waals surface area (Å²) in [5.41, 5.74) is 1.18. The highest BCUT2D eigenvalue weighted by Crippen LogP contribution is 2.30. The number of piperidine rings is 1. The molecular formula is C20H25N5OS. The van der Waals surface area contributed by atoms with E-state index in [0.29, 0.717) is 18.4 Å². The first-order chi connectivity index (χ1) is 13.2. The third-order valence-corrected chi connectivity index (χ3v) is 5.87. The van der Waals surface area contributed by atoms with Gasteiger partial charge in [0.05, 0.1) is 12.8 Å². The molecule has 0 saturated carbocycles. The fraction of sp³-hybridized carbons (Fsp3) is 0.450. The van der Waals surface area contributed by atoms with E-state index in [1.807, 2.05) is 24.4 Å². The van der Waals surface area contributed by atoms with Crippen molar-refractivity contribution in [2.24, 2.45) is 11.8 Å². The molecule has 1 aliphatic heterocycles. The van der Waals surface area contributed by atoms with E-state index in [4.69, 9.17) is 4.42 Å². The van der Waals surface area contributed by atoms with Crippen molar-refractivity contribution < 1.29 is 4.42 Å². The first-order valence-electron chi connectivity index (χ1n) is 9.41. The van der Waals surface area contributed by atoms with Crippen molar-refractivity contribution in [3.63, 3.8) is 0 Å². The van der Waals surface area contributed by atoms with Crippen LogP contribution in [0.15, 0.2) is 52.5 Å². The van der Waals surface area contributed by atoms with Gasteiger partial charge in [0.15, 0.2) is 5.16 Å². The molecule has 0 aromatic carbocycles. The smallest absolute Gasteiger partial charge is 0.228 e. The number of aromatic nitrogens is 4. The van der Waals surface area contributed by atoms with Crippen molar-refractivity contribution in [1.29, 1.82) is 0 Å². The van der Waals surface area contributed by atoms with Crippen LogP contribution in [0.25, 0.3) is 0 Å². The zero-order valence-corrected chi connectivity index (χ0v) is 16.6. The molecule has 2 unspecified atom stereocenters. The first-order valence-corrected chi connectivity index (χ1v) is 10.4. The monoisotopic (exact) mass is 383 g/mol. The lowest BCUT2D eigenvalue weighted by Gasteiger charge is -2.35. The zero-order chi connectivity index (χ0) is 18.6. The van der Waals surface area contributed by atoms with Gasteiger partial charge in [0, 0.05) is 31.2 Å². The average molecular weight is 384 g/mol. The van der Waals surface area contributed by atoms with Gasteiger partial charge in [-0.3, -0.25) is 9.55 Å². The highest BCUT2D eigenvalue weighted by Gasteiger charge is 2.27.